The molecule has 0 amide bonds. The number of ether oxygens (including phenoxy) is 2. The molecule has 1 aliphatic heterocycles. The molecule has 2 aromatic heterocycles. The molecule has 0 bridgehead atoms. The van der Waals surface area contributed by atoms with Crippen molar-refractivity contribution in [2.24, 2.45) is 4.99 Å². The van der Waals surface area contributed by atoms with Gasteiger partial charge in [-0.3, -0.25) is 9.36 Å². The third kappa shape index (κ3) is 5.29. The van der Waals surface area contributed by atoms with E-state index in [1.54, 1.807) is 36.6 Å². The summed E-state index contributed by atoms with van der Waals surface area (Å²) in [5, 5.41) is 1.92. The number of fused-ring (bicyclic) bond motifs is 1. The van der Waals surface area contributed by atoms with Gasteiger partial charge in [0.25, 0.3) is 5.56 Å². The Labute approximate surface area is 234 Å². The average Bonchev–Trinajstić information content (AvgIpc) is 3.52. The van der Waals surface area contributed by atoms with Gasteiger partial charge in [0.1, 0.15) is 24.2 Å². The monoisotopic (exact) mass is 612 g/mol. The second-order valence-corrected chi connectivity index (χ2v) is 11.3. The average molecular weight is 614 g/mol. The third-order valence-electron chi connectivity index (χ3n) is 5.89. The van der Waals surface area contributed by atoms with Crippen LogP contribution in [0.25, 0.3) is 6.08 Å². The van der Waals surface area contributed by atoms with Crippen LogP contribution in [-0.4, -0.2) is 17.1 Å². The molecule has 194 valence electrons. The molecule has 0 saturated carbocycles. The van der Waals surface area contributed by atoms with E-state index in [9.17, 15) is 14.0 Å². The highest BCUT2D eigenvalue weighted by molar-refractivity contribution is 9.10. The van der Waals surface area contributed by atoms with Crippen LogP contribution in [0.2, 0.25) is 0 Å². The minimum Gasteiger partial charge on any atom is -0.488 e. The molecule has 1 atom stereocenters. The van der Waals surface area contributed by atoms with Gasteiger partial charge in [0.05, 0.1) is 26.9 Å². The Bertz CT molecular complexity index is 1710. The van der Waals surface area contributed by atoms with Crippen LogP contribution in [0.1, 0.15) is 35.9 Å². The molecule has 0 saturated heterocycles. The number of hydrogen-bond acceptors (Lipinski definition) is 7. The fraction of sp³-hybridized carbons (Fsp3) is 0.179. The fourth-order valence-electron chi connectivity index (χ4n) is 4.12. The van der Waals surface area contributed by atoms with E-state index < -0.39 is 12.0 Å². The standard InChI is InChI=1S/C28H22BrFN2O4S2/c1-3-35-27(34)24-16(2)31-28-32(25(24)22-5-4-12-37-22)26(33)23(38-28)14-18-8-11-21(20(29)13-18)36-15-17-6-9-19(30)10-7-17/h4-14,25H,3,15H2,1-2H3/b23-14-/t25-/m1/s1. The number of thiazole rings is 1. The number of esters is 1. The van der Waals surface area contributed by atoms with E-state index in [4.69, 9.17) is 9.47 Å². The van der Waals surface area contributed by atoms with Crippen molar-refractivity contribution in [3.05, 3.63) is 117 Å². The molecule has 3 heterocycles. The Morgan fingerprint density at radius 1 is 1.21 bits per heavy atom. The smallest absolute Gasteiger partial charge is 0.338 e. The van der Waals surface area contributed by atoms with Gasteiger partial charge in [-0.05, 0) is 82.7 Å². The van der Waals surface area contributed by atoms with Gasteiger partial charge in [0.15, 0.2) is 4.80 Å². The van der Waals surface area contributed by atoms with Crippen molar-refractivity contribution in [2.45, 2.75) is 26.5 Å². The molecule has 6 nitrogen and oxygen atoms in total. The van der Waals surface area contributed by atoms with Crippen molar-refractivity contribution in [3.63, 3.8) is 0 Å². The zero-order valence-corrected chi connectivity index (χ0v) is 23.7. The number of benzene rings is 2. The van der Waals surface area contributed by atoms with E-state index in [0.29, 0.717) is 33.0 Å². The lowest BCUT2D eigenvalue weighted by molar-refractivity contribution is -0.139. The van der Waals surface area contributed by atoms with Crippen LogP contribution in [0, 0.1) is 5.82 Å². The lowest BCUT2D eigenvalue weighted by atomic mass is 10.0. The van der Waals surface area contributed by atoms with E-state index in [2.05, 4.69) is 20.9 Å². The van der Waals surface area contributed by atoms with Gasteiger partial charge in [-0.1, -0.05) is 35.6 Å². The first-order chi connectivity index (χ1) is 18.4. The number of rotatable bonds is 7. The van der Waals surface area contributed by atoms with Crippen molar-refractivity contribution in [1.29, 1.82) is 0 Å². The molecule has 0 fully saturated rings. The molecule has 10 heteroatoms. The van der Waals surface area contributed by atoms with Crippen molar-refractivity contribution in [2.75, 3.05) is 6.61 Å². The highest BCUT2D eigenvalue weighted by Gasteiger charge is 2.33. The quantitative estimate of drug-likeness (QED) is 0.264. The summed E-state index contributed by atoms with van der Waals surface area (Å²) in [5.74, 6) is -0.138. The second kappa shape index (κ2) is 11.2. The molecule has 4 aromatic rings. The fourth-order valence-corrected chi connectivity index (χ4v) is 6.51. The number of halogens is 2. The zero-order valence-electron chi connectivity index (χ0n) is 20.4. The number of carbonyl (C=O) groups is 1. The van der Waals surface area contributed by atoms with Crippen LogP contribution in [0.5, 0.6) is 5.75 Å². The van der Waals surface area contributed by atoms with Gasteiger partial charge in [-0.2, -0.15) is 0 Å². The van der Waals surface area contributed by atoms with Gasteiger partial charge >= 0.3 is 5.97 Å². The summed E-state index contributed by atoms with van der Waals surface area (Å²) in [4.78, 5) is 32.5. The van der Waals surface area contributed by atoms with Crippen molar-refractivity contribution >= 4 is 50.6 Å². The maximum atomic E-state index is 13.6. The number of thiophene rings is 1. The number of nitrogens with zero attached hydrogens (tertiary/aromatic N) is 2. The lowest BCUT2D eigenvalue weighted by Gasteiger charge is -2.23. The predicted octanol–water partition coefficient (Wildman–Crippen LogP) is 5.34. The molecule has 0 unspecified atom stereocenters. The van der Waals surface area contributed by atoms with Gasteiger partial charge in [0.2, 0.25) is 0 Å². The molecule has 0 radical (unpaired) electrons. The third-order valence-corrected chi connectivity index (χ3v) is 8.42. The first-order valence-electron chi connectivity index (χ1n) is 11.8. The van der Waals surface area contributed by atoms with Crippen LogP contribution in [0.4, 0.5) is 4.39 Å². The molecule has 5 rings (SSSR count). The van der Waals surface area contributed by atoms with Crippen LogP contribution >= 0.6 is 38.6 Å². The number of aromatic nitrogens is 1. The predicted molar refractivity (Wildman–Crippen MR) is 150 cm³/mol. The second-order valence-electron chi connectivity index (χ2n) is 8.42. The molecule has 0 aliphatic carbocycles. The number of hydrogen-bond donors (Lipinski definition) is 0. The largest absolute Gasteiger partial charge is 0.488 e. The van der Waals surface area contributed by atoms with Crippen LogP contribution < -0.4 is 19.6 Å². The zero-order chi connectivity index (χ0) is 26.8. The molecule has 0 spiro atoms. The minimum absolute atomic E-state index is 0.228. The maximum absolute atomic E-state index is 13.6. The normalized spacial score (nSPS) is 15.3. The summed E-state index contributed by atoms with van der Waals surface area (Å²) in [5.41, 5.74) is 2.33. The van der Waals surface area contributed by atoms with Crippen molar-refractivity contribution in [3.8, 4) is 5.75 Å². The Morgan fingerprint density at radius 2 is 2.00 bits per heavy atom. The lowest BCUT2D eigenvalue weighted by Crippen LogP contribution is -2.39. The Kier molecular flexibility index (Phi) is 7.73. The molecular weight excluding hydrogens is 591 g/mol. The summed E-state index contributed by atoms with van der Waals surface area (Å²) in [6.07, 6.45) is 1.80. The summed E-state index contributed by atoms with van der Waals surface area (Å²) in [6, 6.07) is 14.9. The number of carbonyl (C=O) groups excluding carboxylic acids is 1. The molecule has 2 aromatic carbocycles. The molecular formula is C28H22BrFN2O4S2. The Morgan fingerprint density at radius 3 is 2.68 bits per heavy atom. The van der Waals surface area contributed by atoms with Crippen LogP contribution in [-0.2, 0) is 16.1 Å². The SMILES string of the molecule is CCOC(=O)C1=C(C)N=c2s/c(=C\c3ccc(OCc4ccc(F)cc4)c(Br)c3)c(=O)n2[C@@H]1c1cccs1. The summed E-state index contributed by atoms with van der Waals surface area (Å²) >= 11 is 6.30. The first kappa shape index (κ1) is 26.3. The van der Waals surface area contributed by atoms with Gasteiger partial charge in [-0.15, -0.1) is 11.3 Å². The Balaban J connectivity index is 1.49. The summed E-state index contributed by atoms with van der Waals surface area (Å²) in [6.45, 7) is 4.05. The van der Waals surface area contributed by atoms with Crippen molar-refractivity contribution < 1.29 is 18.7 Å². The summed E-state index contributed by atoms with van der Waals surface area (Å²) in [7, 11) is 0. The highest BCUT2D eigenvalue weighted by Crippen LogP contribution is 2.33. The maximum Gasteiger partial charge on any atom is 0.338 e. The highest BCUT2D eigenvalue weighted by atomic mass is 79.9. The number of allylic oxidation sites excluding steroid dienone is 1. The van der Waals surface area contributed by atoms with E-state index in [1.165, 1.54) is 34.8 Å². The van der Waals surface area contributed by atoms with Crippen molar-refractivity contribution in [1.82, 2.24) is 4.57 Å². The van der Waals surface area contributed by atoms with Gasteiger partial charge < -0.3 is 9.47 Å². The minimum atomic E-state index is -0.596. The topological polar surface area (TPSA) is 69.9 Å². The summed E-state index contributed by atoms with van der Waals surface area (Å²) < 4.78 is 27.1. The van der Waals surface area contributed by atoms with Crippen LogP contribution in [0.15, 0.2) is 85.5 Å². The molecule has 38 heavy (non-hydrogen) atoms. The molecule has 0 N–H and O–H groups in total. The molecule has 1 aliphatic rings. The van der Waals surface area contributed by atoms with Gasteiger partial charge in [-0.25, -0.2) is 14.2 Å². The van der Waals surface area contributed by atoms with Crippen LogP contribution in [0.3, 0.4) is 0 Å². The van der Waals surface area contributed by atoms with E-state index >= 15 is 0 Å². The Hall–Kier alpha value is -3.34. The van der Waals surface area contributed by atoms with Gasteiger partial charge in [0, 0.05) is 4.88 Å². The first-order valence-corrected chi connectivity index (χ1v) is 14.2. The van der Waals surface area contributed by atoms with E-state index in [1.807, 2.05) is 35.7 Å². The van der Waals surface area contributed by atoms with E-state index in [0.717, 1.165) is 20.5 Å². The van der Waals surface area contributed by atoms with E-state index in [-0.39, 0.29) is 18.0 Å².